The Morgan fingerprint density at radius 2 is 2.05 bits per heavy atom. The minimum atomic E-state index is -0.411. The van der Waals surface area contributed by atoms with Gasteiger partial charge in [-0.15, -0.1) is 0 Å². The van der Waals surface area contributed by atoms with Crippen molar-refractivity contribution in [3.05, 3.63) is 0 Å². The molecular weight excluding hydrogens is 244 g/mol. The van der Waals surface area contributed by atoms with Crippen LogP contribution in [0.2, 0.25) is 0 Å². The van der Waals surface area contributed by atoms with Crippen LogP contribution >= 0.6 is 0 Å². The van der Waals surface area contributed by atoms with E-state index < -0.39 is 5.41 Å². The standard InChI is InChI=1S/C14H26N2O3/c15-11-14(5-9-18-10-6-14)13(17)16-7-4-12-3-1-2-8-19-12/h12H,1-11,15H2,(H,16,17). The van der Waals surface area contributed by atoms with Gasteiger partial charge in [0.2, 0.25) is 5.91 Å². The predicted molar refractivity (Wildman–Crippen MR) is 72.8 cm³/mol. The Kier molecular flexibility index (Phi) is 5.60. The van der Waals surface area contributed by atoms with Gasteiger partial charge in [0.1, 0.15) is 0 Å². The van der Waals surface area contributed by atoms with Gasteiger partial charge >= 0.3 is 0 Å². The zero-order valence-corrected chi connectivity index (χ0v) is 11.7. The molecule has 5 heteroatoms. The molecule has 110 valence electrons. The third-order valence-electron chi connectivity index (χ3n) is 4.35. The van der Waals surface area contributed by atoms with Crippen molar-refractivity contribution < 1.29 is 14.3 Å². The molecule has 0 bridgehead atoms. The van der Waals surface area contributed by atoms with Crippen LogP contribution < -0.4 is 11.1 Å². The van der Waals surface area contributed by atoms with Crippen molar-refractivity contribution >= 4 is 5.91 Å². The number of hydrogen-bond acceptors (Lipinski definition) is 4. The van der Waals surface area contributed by atoms with E-state index in [1.165, 1.54) is 12.8 Å². The summed E-state index contributed by atoms with van der Waals surface area (Å²) in [5, 5.41) is 3.04. The largest absolute Gasteiger partial charge is 0.381 e. The number of carbonyl (C=O) groups is 1. The lowest BCUT2D eigenvalue weighted by Crippen LogP contribution is -2.49. The highest BCUT2D eigenvalue weighted by molar-refractivity contribution is 5.83. The molecule has 3 N–H and O–H groups in total. The second kappa shape index (κ2) is 7.22. The lowest BCUT2D eigenvalue weighted by atomic mass is 9.79. The molecule has 2 saturated heterocycles. The highest BCUT2D eigenvalue weighted by Gasteiger charge is 2.38. The quantitative estimate of drug-likeness (QED) is 0.775. The molecule has 19 heavy (non-hydrogen) atoms. The van der Waals surface area contributed by atoms with E-state index in [2.05, 4.69) is 5.32 Å². The maximum absolute atomic E-state index is 12.3. The second-order valence-electron chi connectivity index (χ2n) is 5.63. The summed E-state index contributed by atoms with van der Waals surface area (Å²) in [7, 11) is 0. The van der Waals surface area contributed by atoms with Crippen LogP contribution in [0, 0.1) is 5.41 Å². The molecule has 0 aliphatic carbocycles. The molecule has 2 rings (SSSR count). The van der Waals surface area contributed by atoms with Crippen molar-refractivity contribution in [1.29, 1.82) is 0 Å². The molecule has 0 aromatic rings. The molecular formula is C14H26N2O3. The number of carbonyl (C=O) groups excluding carboxylic acids is 1. The Bertz CT molecular complexity index is 284. The number of rotatable bonds is 5. The monoisotopic (exact) mass is 270 g/mol. The van der Waals surface area contributed by atoms with Crippen molar-refractivity contribution in [2.75, 3.05) is 32.9 Å². The van der Waals surface area contributed by atoms with Crippen molar-refractivity contribution in [1.82, 2.24) is 5.32 Å². The summed E-state index contributed by atoms with van der Waals surface area (Å²) in [6, 6.07) is 0. The lowest BCUT2D eigenvalue weighted by molar-refractivity contribution is -0.136. The summed E-state index contributed by atoms with van der Waals surface area (Å²) >= 11 is 0. The number of nitrogens with two attached hydrogens (primary N) is 1. The average Bonchev–Trinajstić information content (AvgIpc) is 2.49. The summed E-state index contributed by atoms with van der Waals surface area (Å²) in [4.78, 5) is 12.3. The highest BCUT2D eigenvalue weighted by atomic mass is 16.5. The summed E-state index contributed by atoms with van der Waals surface area (Å²) in [5.74, 6) is 0.0918. The molecule has 0 saturated carbocycles. The van der Waals surface area contributed by atoms with E-state index >= 15 is 0 Å². The number of amides is 1. The third-order valence-corrected chi connectivity index (χ3v) is 4.35. The van der Waals surface area contributed by atoms with Gasteiger partial charge in [0, 0.05) is 32.9 Å². The molecule has 1 amide bonds. The van der Waals surface area contributed by atoms with Crippen molar-refractivity contribution in [2.24, 2.45) is 11.1 Å². The first-order valence-corrected chi connectivity index (χ1v) is 7.44. The lowest BCUT2D eigenvalue weighted by Gasteiger charge is -2.34. The Morgan fingerprint density at radius 3 is 2.68 bits per heavy atom. The third kappa shape index (κ3) is 3.91. The fourth-order valence-electron chi connectivity index (χ4n) is 2.86. The molecule has 2 heterocycles. The maximum Gasteiger partial charge on any atom is 0.227 e. The van der Waals surface area contributed by atoms with Crippen LogP contribution in [0.3, 0.4) is 0 Å². The smallest absolute Gasteiger partial charge is 0.227 e. The first-order valence-electron chi connectivity index (χ1n) is 7.44. The zero-order valence-electron chi connectivity index (χ0n) is 11.7. The highest BCUT2D eigenvalue weighted by Crippen LogP contribution is 2.29. The fraction of sp³-hybridized carbons (Fsp3) is 0.929. The molecule has 2 aliphatic heterocycles. The van der Waals surface area contributed by atoms with Crippen LogP contribution in [0.1, 0.15) is 38.5 Å². The molecule has 0 radical (unpaired) electrons. The van der Waals surface area contributed by atoms with Gasteiger partial charge < -0.3 is 20.5 Å². The molecule has 0 aromatic carbocycles. The second-order valence-corrected chi connectivity index (χ2v) is 5.63. The molecule has 0 aromatic heterocycles. The van der Waals surface area contributed by atoms with Gasteiger partial charge in [-0.25, -0.2) is 0 Å². The first-order chi connectivity index (χ1) is 9.27. The molecule has 1 atom stereocenters. The van der Waals surface area contributed by atoms with Crippen LogP contribution in [-0.4, -0.2) is 44.9 Å². The van der Waals surface area contributed by atoms with E-state index in [1.807, 2.05) is 0 Å². The van der Waals surface area contributed by atoms with Crippen LogP contribution in [-0.2, 0) is 14.3 Å². The maximum atomic E-state index is 12.3. The summed E-state index contributed by atoms with van der Waals surface area (Å²) in [6.45, 7) is 3.23. The SMILES string of the molecule is NCC1(C(=O)NCCC2CCCCO2)CCOCC1. The van der Waals surface area contributed by atoms with Gasteiger partial charge in [0.05, 0.1) is 11.5 Å². The Morgan fingerprint density at radius 1 is 1.26 bits per heavy atom. The van der Waals surface area contributed by atoms with E-state index in [1.54, 1.807) is 0 Å². The molecule has 5 nitrogen and oxygen atoms in total. The summed E-state index contributed by atoms with van der Waals surface area (Å²) in [6.07, 6.45) is 6.21. The van der Waals surface area contributed by atoms with Gasteiger partial charge in [-0.1, -0.05) is 0 Å². The van der Waals surface area contributed by atoms with Gasteiger partial charge in [-0.2, -0.15) is 0 Å². The molecule has 2 aliphatic rings. The van der Waals surface area contributed by atoms with Gasteiger partial charge in [0.25, 0.3) is 0 Å². The van der Waals surface area contributed by atoms with E-state index in [9.17, 15) is 4.79 Å². The fourth-order valence-corrected chi connectivity index (χ4v) is 2.86. The molecule has 1 unspecified atom stereocenters. The predicted octanol–water partition coefficient (Wildman–Crippen LogP) is 0.817. The van der Waals surface area contributed by atoms with E-state index in [0.29, 0.717) is 32.4 Å². The van der Waals surface area contributed by atoms with Crippen molar-refractivity contribution in [2.45, 2.75) is 44.6 Å². The Labute approximate surface area is 115 Å². The Hall–Kier alpha value is -0.650. The van der Waals surface area contributed by atoms with E-state index in [0.717, 1.165) is 32.3 Å². The van der Waals surface area contributed by atoms with Gasteiger partial charge in [-0.3, -0.25) is 4.79 Å². The zero-order chi connectivity index (χ0) is 13.6. The average molecular weight is 270 g/mol. The van der Waals surface area contributed by atoms with Crippen molar-refractivity contribution in [3.63, 3.8) is 0 Å². The van der Waals surface area contributed by atoms with Crippen LogP contribution in [0.15, 0.2) is 0 Å². The summed E-state index contributed by atoms with van der Waals surface area (Å²) in [5.41, 5.74) is 5.40. The number of ether oxygens (including phenoxy) is 2. The van der Waals surface area contributed by atoms with Crippen molar-refractivity contribution in [3.8, 4) is 0 Å². The number of nitrogens with one attached hydrogen (secondary N) is 1. The van der Waals surface area contributed by atoms with Gasteiger partial charge in [-0.05, 0) is 38.5 Å². The first kappa shape index (κ1) is 14.8. The summed E-state index contributed by atoms with van der Waals surface area (Å²) < 4.78 is 11.0. The molecule has 0 spiro atoms. The minimum absolute atomic E-state index is 0.0918. The Balaban J connectivity index is 1.73. The van der Waals surface area contributed by atoms with Crippen LogP contribution in [0.5, 0.6) is 0 Å². The minimum Gasteiger partial charge on any atom is -0.381 e. The van der Waals surface area contributed by atoms with Crippen LogP contribution in [0.4, 0.5) is 0 Å². The number of hydrogen-bond donors (Lipinski definition) is 2. The van der Waals surface area contributed by atoms with Gasteiger partial charge in [0.15, 0.2) is 0 Å². The molecule has 2 fully saturated rings. The van der Waals surface area contributed by atoms with E-state index in [-0.39, 0.29) is 5.91 Å². The normalized spacial score (nSPS) is 26.9. The topological polar surface area (TPSA) is 73.6 Å². The van der Waals surface area contributed by atoms with E-state index in [4.69, 9.17) is 15.2 Å². The van der Waals surface area contributed by atoms with Crippen LogP contribution in [0.25, 0.3) is 0 Å².